The molecule has 10 nitrogen and oxygen atoms in total. The van der Waals surface area contributed by atoms with Crippen molar-refractivity contribution in [2.24, 2.45) is 11.8 Å². The first kappa shape index (κ1) is 24.8. The van der Waals surface area contributed by atoms with Crippen LogP contribution in [0.15, 0.2) is 24.7 Å². The monoisotopic (exact) mass is 491 g/mol. The molecule has 0 radical (unpaired) electrons. The number of aromatic nitrogens is 4. The maximum atomic E-state index is 13.8. The van der Waals surface area contributed by atoms with E-state index in [1.54, 1.807) is 21.6 Å². The third-order valence-corrected chi connectivity index (χ3v) is 6.67. The van der Waals surface area contributed by atoms with Gasteiger partial charge in [0.25, 0.3) is 5.91 Å². The van der Waals surface area contributed by atoms with E-state index in [1.807, 2.05) is 13.8 Å². The van der Waals surface area contributed by atoms with Crippen molar-refractivity contribution < 1.29 is 23.2 Å². The molecular weight excluding hydrogens is 460 g/mol. The zero-order chi connectivity index (χ0) is 25.2. The number of halogens is 2. The van der Waals surface area contributed by atoms with Crippen LogP contribution in [0.2, 0.25) is 0 Å². The van der Waals surface area contributed by atoms with Gasteiger partial charge in [-0.25, -0.2) is 8.78 Å². The smallest absolute Gasteiger partial charge is 0.270 e. The molecule has 0 spiro atoms. The van der Waals surface area contributed by atoms with E-state index < -0.39 is 29.7 Å². The van der Waals surface area contributed by atoms with Gasteiger partial charge in [-0.2, -0.15) is 10.2 Å². The van der Waals surface area contributed by atoms with Gasteiger partial charge < -0.3 is 16.0 Å². The third-order valence-electron chi connectivity index (χ3n) is 6.67. The number of rotatable bonds is 8. The summed E-state index contributed by atoms with van der Waals surface area (Å²) in [5, 5.41) is 16.7. The van der Waals surface area contributed by atoms with Gasteiger partial charge in [0.15, 0.2) is 0 Å². The quantitative estimate of drug-likeness (QED) is 0.523. The van der Waals surface area contributed by atoms with Crippen molar-refractivity contribution in [3.63, 3.8) is 0 Å². The molecule has 1 saturated carbocycles. The Morgan fingerprint density at radius 1 is 1.23 bits per heavy atom. The van der Waals surface area contributed by atoms with Gasteiger partial charge in [-0.1, -0.05) is 0 Å². The fourth-order valence-electron chi connectivity index (χ4n) is 4.71. The summed E-state index contributed by atoms with van der Waals surface area (Å²) in [5.74, 6) is -4.39. The molecule has 3 amide bonds. The lowest BCUT2D eigenvalue weighted by atomic mass is 9.81. The van der Waals surface area contributed by atoms with Crippen LogP contribution < -0.4 is 16.0 Å². The summed E-state index contributed by atoms with van der Waals surface area (Å²) >= 11 is 0. The number of nitrogens with one attached hydrogen (secondary N) is 3. The standard InChI is InChI=1S/C23H31F2N7O3/c1-14(2)32-18(6-10-27-32)21(34)30-19(15-3-7-23(24,25)8-4-15)22(35)29-17-11-28-31(13-17)12-16-5-9-26-20(16)33/h6,10-11,13-16,19H,3-5,7-9,12H2,1-2H3,(H,26,33)(H,29,35)(H,30,34)/t16?,19-/m0/s1. The Labute approximate surface area is 201 Å². The Hall–Kier alpha value is -3.31. The van der Waals surface area contributed by atoms with Crippen LogP contribution in [-0.4, -0.2) is 55.8 Å². The number of anilines is 1. The lowest BCUT2D eigenvalue weighted by molar-refractivity contribution is -0.123. The Kier molecular flexibility index (Phi) is 7.18. The van der Waals surface area contributed by atoms with Gasteiger partial charge in [-0.3, -0.25) is 23.7 Å². The molecule has 2 aromatic heterocycles. The maximum Gasteiger partial charge on any atom is 0.270 e. The molecule has 2 fully saturated rings. The molecule has 3 heterocycles. The molecule has 35 heavy (non-hydrogen) atoms. The van der Waals surface area contributed by atoms with Crippen LogP contribution in [0.25, 0.3) is 0 Å². The molecule has 12 heteroatoms. The van der Waals surface area contributed by atoms with Gasteiger partial charge in [-0.05, 0) is 45.1 Å². The molecule has 1 aliphatic carbocycles. The molecule has 4 rings (SSSR count). The molecule has 0 bridgehead atoms. The highest BCUT2D eigenvalue weighted by molar-refractivity contribution is 6.00. The Morgan fingerprint density at radius 3 is 2.63 bits per heavy atom. The van der Waals surface area contributed by atoms with E-state index in [-0.39, 0.29) is 43.6 Å². The largest absolute Gasteiger partial charge is 0.356 e. The van der Waals surface area contributed by atoms with Gasteiger partial charge in [0, 0.05) is 37.8 Å². The van der Waals surface area contributed by atoms with E-state index in [0.717, 1.165) is 0 Å². The minimum Gasteiger partial charge on any atom is -0.356 e. The number of hydrogen-bond acceptors (Lipinski definition) is 5. The lowest BCUT2D eigenvalue weighted by Gasteiger charge is -2.33. The van der Waals surface area contributed by atoms with E-state index in [2.05, 4.69) is 26.1 Å². The summed E-state index contributed by atoms with van der Waals surface area (Å²) in [6.07, 6.45) is 4.87. The predicted molar refractivity (Wildman–Crippen MR) is 123 cm³/mol. The van der Waals surface area contributed by atoms with Crippen molar-refractivity contribution in [3.8, 4) is 0 Å². The normalized spacial score (nSPS) is 21.1. The van der Waals surface area contributed by atoms with Crippen molar-refractivity contribution in [2.75, 3.05) is 11.9 Å². The summed E-state index contributed by atoms with van der Waals surface area (Å²) in [6.45, 7) is 4.78. The van der Waals surface area contributed by atoms with Crippen molar-refractivity contribution in [3.05, 3.63) is 30.4 Å². The first-order valence-electron chi connectivity index (χ1n) is 12.0. The Morgan fingerprint density at radius 2 is 1.97 bits per heavy atom. The van der Waals surface area contributed by atoms with Gasteiger partial charge in [-0.15, -0.1) is 0 Å². The minimum absolute atomic E-state index is 0.0244. The van der Waals surface area contributed by atoms with Crippen LogP contribution in [0.4, 0.5) is 14.5 Å². The summed E-state index contributed by atoms with van der Waals surface area (Å²) < 4.78 is 30.7. The van der Waals surface area contributed by atoms with Crippen molar-refractivity contribution >= 4 is 23.4 Å². The van der Waals surface area contributed by atoms with Gasteiger partial charge in [0.1, 0.15) is 11.7 Å². The van der Waals surface area contributed by atoms with E-state index >= 15 is 0 Å². The highest BCUT2D eigenvalue weighted by Gasteiger charge is 2.40. The molecule has 2 aromatic rings. The number of carbonyl (C=O) groups is 3. The summed E-state index contributed by atoms with van der Waals surface area (Å²) in [7, 11) is 0. The zero-order valence-corrected chi connectivity index (χ0v) is 19.8. The molecule has 3 N–H and O–H groups in total. The average Bonchev–Trinajstić information content (AvgIpc) is 3.54. The maximum absolute atomic E-state index is 13.8. The number of amides is 3. The van der Waals surface area contributed by atoms with E-state index in [1.165, 1.54) is 12.4 Å². The molecule has 1 aliphatic heterocycles. The van der Waals surface area contributed by atoms with Crippen molar-refractivity contribution in [1.29, 1.82) is 0 Å². The van der Waals surface area contributed by atoms with Crippen LogP contribution in [0, 0.1) is 11.8 Å². The number of carbonyl (C=O) groups excluding carboxylic acids is 3. The fraction of sp³-hybridized carbons (Fsp3) is 0.609. The second-order valence-corrected chi connectivity index (χ2v) is 9.62. The first-order chi connectivity index (χ1) is 16.6. The average molecular weight is 492 g/mol. The summed E-state index contributed by atoms with van der Waals surface area (Å²) in [4.78, 5) is 38.1. The summed E-state index contributed by atoms with van der Waals surface area (Å²) in [6, 6.07) is 0.486. The molecule has 190 valence electrons. The molecule has 1 saturated heterocycles. The van der Waals surface area contributed by atoms with Gasteiger partial charge in [0.2, 0.25) is 17.7 Å². The topological polar surface area (TPSA) is 123 Å². The number of hydrogen-bond donors (Lipinski definition) is 3. The fourth-order valence-corrected chi connectivity index (χ4v) is 4.71. The van der Waals surface area contributed by atoms with Crippen LogP contribution in [-0.2, 0) is 16.1 Å². The van der Waals surface area contributed by atoms with Crippen molar-refractivity contribution in [1.82, 2.24) is 30.2 Å². The summed E-state index contributed by atoms with van der Waals surface area (Å²) in [5.41, 5.74) is 0.697. The highest BCUT2D eigenvalue weighted by atomic mass is 19.3. The lowest BCUT2D eigenvalue weighted by Crippen LogP contribution is -2.50. The van der Waals surface area contributed by atoms with Gasteiger partial charge >= 0.3 is 0 Å². The van der Waals surface area contributed by atoms with Gasteiger partial charge in [0.05, 0.1) is 24.3 Å². The van der Waals surface area contributed by atoms with Crippen LogP contribution >= 0.6 is 0 Å². The van der Waals surface area contributed by atoms with Crippen molar-refractivity contribution in [2.45, 2.75) is 70.5 Å². The Balaban J connectivity index is 1.47. The van der Waals surface area contributed by atoms with E-state index in [0.29, 0.717) is 30.9 Å². The molecular formula is C23H31F2N7O3. The molecule has 1 unspecified atom stereocenters. The minimum atomic E-state index is -2.76. The Bertz CT molecular complexity index is 1070. The second-order valence-electron chi connectivity index (χ2n) is 9.62. The highest BCUT2D eigenvalue weighted by Crippen LogP contribution is 2.37. The molecule has 2 aliphatic rings. The third kappa shape index (κ3) is 5.85. The second kappa shape index (κ2) is 10.1. The predicted octanol–water partition coefficient (Wildman–Crippen LogP) is 2.36. The molecule has 0 aromatic carbocycles. The SMILES string of the molecule is CC(C)n1nccc1C(=O)N[C@H](C(=O)Nc1cnn(CC2CCNC2=O)c1)C1CCC(F)(F)CC1. The van der Waals surface area contributed by atoms with E-state index in [4.69, 9.17) is 0 Å². The first-order valence-corrected chi connectivity index (χ1v) is 12.0. The number of nitrogens with zero attached hydrogens (tertiary/aromatic N) is 4. The zero-order valence-electron chi connectivity index (χ0n) is 19.8. The van der Waals surface area contributed by atoms with Crippen LogP contribution in [0.1, 0.15) is 62.5 Å². The van der Waals surface area contributed by atoms with Crippen LogP contribution in [0.5, 0.6) is 0 Å². The molecule has 2 atom stereocenters. The van der Waals surface area contributed by atoms with E-state index in [9.17, 15) is 23.2 Å². The van der Waals surface area contributed by atoms with Crippen LogP contribution in [0.3, 0.4) is 0 Å². The number of alkyl halides is 2.